The topological polar surface area (TPSA) is 75.2 Å². The van der Waals surface area contributed by atoms with Crippen molar-refractivity contribution in [3.63, 3.8) is 0 Å². The van der Waals surface area contributed by atoms with Gasteiger partial charge in [-0.15, -0.1) is 0 Å². The summed E-state index contributed by atoms with van der Waals surface area (Å²) in [6.07, 6.45) is 4.97. The Morgan fingerprint density at radius 1 is 1.25 bits per heavy atom. The number of carbonyl (C=O) groups is 1. The summed E-state index contributed by atoms with van der Waals surface area (Å²) in [6, 6.07) is 5.71. The van der Waals surface area contributed by atoms with Crippen LogP contribution in [0.15, 0.2) is 23.3 Å². The Bertz CT molecular complexity index is 688. The van der Waals surface area contributed by atoms with Crippen molar-refractivity contribution in [3.8, 4) is 11.5 Å². The Labute approximate surface area is 172 Å². The van der Waals surface area contributed by atoms with Gasteiger partial charge in [0, 0.05) is 19.1 Å². The molecule has 0 spiro atoms. The molecular weight excluding hydrogens is 376 g/mol. The van der Waals surface area contributed by atoms with Crippen LogP contribution < -0.4 is 20.2 Å². The number of ether oxygens (including phenoxy) is 2. The van der Waals surface area contributed by atoms with E-state index in [4.69, 9.17) is 21.7 Å². The van der Waals surface area contributed by atoms with Gasteiger partial charge in [0.2, 0.25) is 0 Å². The van der Waals surface area contributed by atoms with E-state index >= 15 is 0 Å². The minimum absolute atomic E-state index is 0.0168. The summed E-state index contributed by atoms with van der Waals surface area (Å²) < 4.78 is 11.4. The average Bonchev–Trinajstić information content (AvgIpc) is 2.67. The third kappa shape index (κ3) is 7.34. The molecule has 2 N–H and O–H groups in total. The minimum Gasteiger partial charge on any atom is -0.490 e. The molecule has 0 aromatic heterocycles. The SMILES string of the molecule is CCOc1cc(/C=N/NC(=S)NC(C)C)ccc1OCC(=O)N1CCCCC1. The fraction of sp³-hybridized carbons (Fsp3) is 0.550. The van der Waals surface area contributed by atoms with E-state index in [2.05, 4.69) is 15.8 Å². The van der Waals surface area contributed by atoms with Gasteiger partial charge in [0.25, 0.3) is 5.91 Å². The summed E-state index contributed by atoms with van der Waals surface area (Å²) in [4.78, 5) is 14.2. The fourth-order valence-electron chi connectivity index (χ4n) is 2.83. The van der Waals surface area contributed by atoms with Crippen LogP contribution in [0, 0.1) is 0 Å². The smallest absolute Gasteiger partial charge is 0.260 e. The molecule has 1 aliphatic heterocycles. The van der Waals surface area contributed by atoms with Crippen molar-refractivity contribution in [2.24, 2.45) is 5.10 Å². The summed E-state index contributed by atoms with van der Waals surface area (Å²) in [5, 5.41) is 7.64. The van der Waals surface area contributed by atoms with Crippen LogP contribution in [0.2, 0.25) is 0 Å². The highest BCUT2D eigenvalue weighted by molar-refractivity contribution is 7.80. The molecule has 154 valence electrons. The number of carbonyl (C=O) groups excluding carboxylic acids is 1. The minimum atomic E-state index is 0.0168. The van der Waals surface area contributed by atoms with Crippen LogP contribution in [0.1, 0.15) is 45.6 Å². The van der Waals surface area contributed by atoms with E-state index in [0.717, 1.165) is 31.5 Å². The van der Waals surface area contributed by atoms with Gasteiger partial charge >= 0.3 is 0 Å². The number of amides is 1. The van der Waals surface area contributed by atoms with Crippen molar-refractivity contribution in [2.45, 2.75) is 46.1 Å². The number of piperidine rings is 1. The molecule has 1 aromatic carbocycles. The van der Waals surface area contributed by atoms with Crippen molar-refractivity contribution >= 4 is 29.5 Å². The Kier molecular flexibility index (Phi) is 9.00. The number of likely N-dealkylation sites (tertiary alicyclic amines) is 1. The monoisotopic (exact) mass is 406 g/mol. The number of benzene rings is 1. The molecule has 1 fully saturated rings. The molecule has 1 aromatic rings. The number of nitrogens with one attached hydrogen (secondary N) is 2. The molecule has 28 heavy (non-hydrogen) atoms. The summed E-state index contributed by atoms with van der Waals surface area (Å²) in [7, 11) is 0. The Morgan fingerprint density at radius 2 is 2.00 bits per heavy atom. The van der Waals surface area contributed by atoms with Gasteiger partial charge in [-0.25, -0.2) is 0 Å². The number of nitrogens with zero attached hydrogens (tertiary/aromatic N) is 2. The lowest BCUT2D eigenvalue weighted by Gasteiger charge is -2.26. The highest BCUT2D eigenvalue weighted by Gasteiger charge is 2.17. The number of hydrogen-bond donors (Lipinski definition) is 2. The molecule has 1 heterocycles. The van der Waals surface area contributed by atoms with Crippen LogP contribution in [0.25, 0.3) is 0 Å². The van der Waals surface area contributed by atoms with Crippen molar-refractivity contribution in [3.05, 3.63) is 23.8 Å². The first-order valence-electron chi connectivity index (χ1n) is 9.76. The van der Waals surface area contributed by atoms with Crippen LogP contribution in [0.5, 0.6) is 11.5 Å². The first-order valence-corrected chi connectivity index (χ1v) is 10.2. The quantitative estimate of drug-likeness (QED) is 0.393. The Morgan fingerprint density at radius 3 is 2.68 bits per heavy atom. The first kappa shape index (κ1) is 21.9. The molecule has 0 saturated carbocycles. The summed E-state index contributed by atoms with van der Waals surface area (Å²) in [6.45, 7) is 8.05. The van der Waals surface area contributed by atoms with Gasteiger partial charge < -0.3 is 19.7 Å². The van der Waals surface area contributed by atoms with E-state index in [-0.39, 0.29) is 18.6 Å². The van der Waals surface area contributed by atoms with Gasteiger partial charge in [0.1, 0.15) is 0 Å². The predicted molar refractivity (Wildman–Crippen MR) is 115 cm³/mol. The van der Waals surface area contributed by atoms with E-state index < -0.39 is 0 Å². The van der Waals surface area contributed by atoms with E-state index in [0.29, 0.717) is 23.2 Å². The average molecular weight is 407 g/mol. The summed E-state index contributed by atoms with van der Waals surface area (Å²) in [5.41, 5.74) is 3.60. The molecule has 1 aliphatic rings. The number of thiocarbonyl (C=S) groups is 1. The Hall–Kier alpha value is -2.35. The van der Waals surface area contributed by atoms with Gasteiger partial charge in [-0.1, -0.05) is 0 Å². The molecule has 1 amide bonds. The normalized spacial score (nSPS) is 14.2. The maximum atomic E-state index is 12.3. The van der Waals surface area contributed by atoms with E-state index in [1.807, 2.05) is 37.8 Å². The number of rotatable bonds is 8. The number of hydrogen-bond acceptors (Lipinski definition) is 5. The van der Waals surface area contributed by atoms with Gasteiger partial charge in [-0.2, -0.15) is 5.10 Å². The van der Waals surface area contributed by atoms with E-state index in [1.165, 1.54) is 6.42 Å². The standard InChI is InChI=1S/C20H30N4O3S/c1-4-26-18-12-16(13-21-23-20(28)22-15(2)3)8-9-17(18)27-14-19(25)24-10-6-5-7-11-24/h8-9,12-13,15H,4-7,10-11,14H2,1-3H3,(H2,22,23,28)/b21-13+. The maximum absolute atomic E-state index is 12.3. The van der Waals surface area contributed by atoms with Gasteiger partial charge in [0.15, 0.2) is 23.2 Å². The van der Waals surface area contributed by atoms with Gasteiger partial charge in [-0.05, 0) is 76.0 Å². The second kappa shape index (κ2) is 11.5. The number of hydrazone groups is 1. The zero-order valence-corrected chi connectivity index (χ0v) is 17.7. The van der Waals surface area contributed by atoms with Crippen LogP contribution in [-0.4, -0.2) is 54.5 Å². The zero-order valence-electron chi connectivity index (χ0n) is 16.9. The molecule has 2 rings (SSSR count). The lowest BCUT2D eigenvalue weighted by atomic mass is 10.1. The molecule has 7 nitrogen and oxygen atoms in total. The molecule has 1 saturated heterocycles. The lowest BCUT2D eigenvalue weighted by Crippen LogP contribution is -2.38. The second-order valence-electron chi connectivity index (χ2n) is 6.87. The molecule has 0 radical (unpaired) electrons. The van der Waals surface area contributed by atoms with Crippen LogP contribution in [0.3, 0.4) is 0 Å². The first-order chi connectivity index (χ1) is 13.5. The van der Waals surface area contributed by atoms with Crippen LogP contribution in [-0.2, 0) is 4.79 Å². The molecule has 0 aliphatic carbocycles. The van der Waals surface area contributed by atoms with E-state index in [1.54, 1.807) is 12.3 Å². The van der Waals surface area contributed by atoms with Crippen molar-refractivity contribution in [1.82, 2.24) is 15.6 Å². The van der Waals surface area contributed by atoms with Crippen LogP contribution >= 0.6 is 12.2 Å². The molecule has 0 unspecified atom stereocenters. The highest BCUT2D eigenvalue weighted by Crippen LogP contribution is 2.28. The molecule has 0 atom stereocenters. The Balaban J connectivity index is 1.95. The second-order valence-corrected chi connectivity index (χ2v) is 7.28. The molecule has 0 bridgehead atoms. The van der Waals surface area contributed by atoms with Crippen molar-refractivity contribution in [1.29, 1.82) is 0 Å². The van der Waals surface area contributed by atoms with E-state index in [9.17, 15) is 4.79 Å². The van der Waals surface area contributed by atoms with Gasteiger partial charge in [0.05, 0.1) is 12.8 Å². The molecule has 8 heteroatoms. The largest absolute Gasteiger partial charge is 0.490 e. The van der Waals surface area contributed by atoms with Crippen molar-refractivity contribution in [2.75, 3.05) is 26.3 Å². The third-order valence-electron chi connectivity index (χ3n) is 4.13. The summed E-state index contributed by atoms with van der Waals surface area (Å²) in [5.74, 6) is 1.15. The molecular formula is C20H30N4O3S. The van der Waals surface area contributed by atoms with Crippen molar-refractivity contribution < 1.29 is 14.3 Å². The zero-order chi connectivity index (χ0) is 20.4. The highest BCUT2D eigenvalue weighted by atomic mass is 32.1. The van der Waals surface area contributed by atoms with Crippen LogP contribution in [0.4, 0.5) is 0 Å². The van der Waals surface area contributed by atoms with Gasteiger partial charge in [-0.3, -0.25) is 10.2 Å². The predicted octanol–water partition coefficient (Wildman–Crippen LogP) is 2.68. The lowest BCUT2D eigenvalue weighted by molar-refractivity contribution is -0.134. The summed E-state index contributed by atoms with van der Waals surface area (Å²) >= 11 is 5.13. The fourth-order valence-corrected chi connectivity index (χ4v) is 3.11. The maximum Gasteiger partial charge on any atom is 0.260 e. The third-order valence-corrected chi connectivity index (χ3v) is 4.34.